The molecule has 2 atom stereocenters. The molecule has 0 aliphatic heterocycles. The van der Waals surface area contributed by atoms with Gasteiger partial charge in [-0.05, 0) is 12.2 Å². The molecule has 0 saturated heterocycles. The van der Waals surface area contributed by atoms with Gasteiger partial charge in [0.05, 0.1) is 12.7 Å². The number of aliphatic hydroxyl groups excluding tert-OH is 1. The molecule has 0 bridgehead atoms. The van der Waals surface area contributed by atoms with Gasteiger partial charge in [0.15, 0.2) is 0 Å². The molecule has 94 valence electrons. The Labute approximate surface area is 100 Å². The summed E-state index contributed by atoms with van der Waals surface area (Å²) in [6.45, 7) is 6.61. The molecule has 4 heteroatoms. The summed E-state index contributed by atoms with van der Waals surface area (Å²) in [5, 5.41) is 9.67. The van der Waals surface area contributed by atoms with Crippen molar-refractivity contribution in [3.05, 3.63) is 35.9 Å². The average molecular weight is 246 g/mol. The highest BCUT2D eigenvalue weighted by Gasteiger charge is 2.05. The van der Waals surface area contributed by atoms with Crippen molar-refractivity contribution in [2.24, 2.45) is 0 Å². The van der Waals surface area contributed by atoms with E-state index in [0.29, 0.717) is 21.8 Å². The Balaban J connectivity index is 0. The standard InChI is InChI=1S/C10H15O2P.C2H6.H2O/c1-13-12-8-7-10(11)9-5-3-2-4-6-9;1-2;/h2-6,10-11,13H,7-8H2,1H3;1-2H3;1H2/t10-;;/m0../s1. The van der Waals surface area contributed by atoms with E-state index in [1.165, 1.54) is 0 Å². The van der Waals surface area contributed by atoms with Gasteiger partial charge in [-0.3, -0.25) is 0 Å². The van der Waals surface area contributed by atoms with Crippen LogP contribution in [0.1, 0.15) is 31.9 Å². The first-order valence-corrected chi connectivity index (χ1v) is 6.77. The van der Waals surface area contributed by atoms with Crippen LogP contribution in [-0.4, -0.2) is 23.9 Å². The molecule has 0 amide bonds. The zero-order valence-electron chi connectivity index (χ0n) is 10.2. The molecule has 3 N–H and O–H groups in total. The summed E-state index contributed by atoms with van der Waals surface area (Å²) in [7, 11) is 0.504. The Kier molecular flexibility index (Phi) is 14.1. The largest absolute Gasteiger partial charge is 0.412 e. The van der Waals surface area contributed by atoms with Gasteiger partial charge >= 0.3 is 0 Å². The lowest BCUT2D eigenvalue weighted by Crippen LogP contribution is -2.00. The van der Waals surface area contributed by atoms with Crippen molar-refractivity contribution in [1.82, 2.24) is 0 Å². The van der Waals surface area contributed by atoms with Gasteiger partial charge in [0.25, 0.3) is 0 Å². The van der Waals surface area contributed by atoms with Crippen molar-refractivity contribution >= 4 is 8.81 Å². The first-order chi connectivity index (χ1) is 7.34. The van der Waals surface area contributed by atoms with Crippen LogP contribution in [0.3, 0.4) is 0 Å². The van der Waals surface area contributed by atoms with E-state index in [9.17, 15) is 5.11 Å². The van der Waals surface area contributed by atoms with Crippen molar-refractivity contribution in [1.29, 1.82) is 0 Å². The molecule has 1 unspecified atom stereocenters. The third-order valence-corrected chi connectivity index (χ3v) is 2.31. The normalized spacial score (nSPS) is 11.5. The predicted molar refractivity (Wildman–Crippen MR) is 71.2 cm³/mol. The molecular formula is C12H23O3P. The Morgan fingerprint density at radius 2 is 1.81 bits per heavy atom. The second-order valence-electron chi connectivity index (χ2n) is 2.77. The van der Waals surface area contributed by atoms with Gasteiger partial charge < -0.3 is 15.1 Å². The molecule has 1 aromatic rings. The number of rotatable bonds is 5. The molecular weight excluding hydrogens is 223 g/mol. The molecule has 0 spiro atoms. The second kappa shape index (κ2) is 12.6. The highest BCUT2D eigenvalue weighted by Crippen LogP contribution is 2.17. The molecule has 0 heterocycles. The Morgan fingerprint density at radius 3 is 2.31 bits per heavy atom. The van der Waals surface area contributed by atoms with Gasteiger partial charge in [-0.15, -0.1) is 0 Å². The van der Waals surface area contributed by atoms with E-state index >= 15 is 0 Å². The first kappa shape index (κ1) is 17.9. The Bertz CT molecular complexity index is 229. The predicted octanol–water partition coefficient (Wildman–Crippen LogP) is 2.55. The zero-order valence-corrected chi connectivity index (χ0v) is 11.2. The Morgan fingerprint density at radius 1 is 1.25 bits per heavy atom. The molecule has 3 nitrogen and oxygen atoms in total. The van der Waals surface area contributed by atoms with Crippen LogP contribution in [0, 0.1) is 0 Å². The van der Waals surface area contributed by atoms with Crippen molar-refractivity contribution in [2.45, 2.75) is 26.4 Å². The van der Waals surface area contributed by atoms with Crippen LogP contribution in [-0.2, 0) is 4.52 Å². The van der Waals surface area contributed by atoms with E-state index in [4.69, 9.17) is 4.52 Å². The fourth-order valence-electron chi connectivity index (χ4n) is 1.11. The monoisotopic (exact) mass is 246 g/mol. The molecule has 1 rings (SSSR count). The van der Waals surface area contributed by atoms with Gasteiger partial charge in [0.2, 0.25) is 0 Å². The van der Waals surface area contributed by atoms with Crippen LogP contribution in [0.4, 0.5) is 0 Å². The minimum absolute atomic E-state index is 0. The maximum absolute atomic E-state index is 9.67. The number of aliphatic hydroxyl groups is 1. The molecule has 1 aromatic carbocycles. The van der Waals surface area contributed by atoms with Crippen LogP contribution >= 0.6 is 8.81 Å². The lowest BCUT2D eigenvalue weighted by Gasteiger charge is -2.09. The molecule has 0 aliphatic carbocycles. The van der Waals surface area contributed by atoms with Gasteiger partial charge in [0, 0.05) is 15.2 Å². The quantitative estimate of drug-likeness (QED) is 0.641. The van der Waals surface area contributed by atoms with Crippen molar-refractivity contribution in [2.75, 3.05) is 13.3 Å². The van der Waals surface area contributed by atoms with Crippen molar-refractivity contribution in [3.8, 4) is 0 Å². The van der Waals surface area contributed by atoms with Crippen LogP contribution < -0.4 is 0 Å². The highest BCUT2D eigenvalue weighted by atomic mass is 31.1. The maximum atomic E-state index is 9.67. The number of hydrogen-bond acceptors (Lipinski definition) is 2. The smallest absolute Gasteiger partial charge is 0.0812 e. The summed E-state index contributed by atoms with van der Waals surface area (Å²) in [6.07, 6.45) is 0.280. The average Bonchev–Trinajstić information content (AvgIpc) is 2.33. The molecule has 0 saturated carbocycles. The maximum Gasteiger partial charge on any atom is 0.0812 e. The summed E-state index contributed by atoms with van der Waals surface area (Å²) in [4.78, 5) is 0. The van der Waals surface area contributed by atoms with E-state index in [1.807, 2.05) is 50.8 Å². The first-order valence-electron chi connectivity index (χ1n) is 5.36. The van der Waals surface area contributed by atoms with E-state index in [2.05, 4.69) is 0 Å². The van der Waals surface area contributed by atoms with Crippen LogP contribution in [0.2, 0.25) is 0 Å². The van der Waals surface area contributed by atoms with E-state index in [-0.39, 0.29) is 5.48 Å². The zero-order chi connectivity index (χ0) is 11.5. The second-order valence-corrected chi connectivity index (χ2v) is 3.46. The molecule has 0 aromatic heterocycles. The van der Waals surface area contributed by atoms with Crippen LogP contribution in [0.25, 0.3) is 0 Å². The lowest BCUT2D eigenvalue weighted by molar-refractivity contribution is 0.146. The summed E-state index contributed by atoms with van der Waals surface area (Å²) < 4.78 is 5.19. The Hall–Kier alpha value is -0.470. The summed E-state index contributed by atoms with van der Waals surface area (Å²) in [5.41, 5.74) is 0.963. The summed E-state index contributed by atoms with van der Waals surface area (Å²) in [6, 6.07) is 9.67. The van der Waals surface area contributed by atoms with Crippen LogP contribution in [0.15, 0.2) is 30.3 Å². The molecule has 16 heavy (non-hydrogen) atoms. The number of hydrogen-bond donors (Lipinski definition) is 1. The summed E-state index contributed by atoms with van der Waals surface area (Å²) >= 11 is 0. The molecule has 0 fully saturated rings. The molecule has 0 aliphatic rings. The van der Waals surface area contributed by atoms with E-state index in [0.717, 1.165) is 5.56 Å². The minimum atomic E-state index is -0.391. The summed E-state index contributed by atoms with van der Waals surface area (Å²) in [5.74, 6) is 0. The van der Waals surface area contributed by atoms with Crippen LogP contribution in [0.5, 0.6) is 0 Å². The lowest BCUT2D eigenvalue weighted by atomic mass is 10.1. The number of benzene rings is 1. The van der Waals surface area contributed by atoms with Crippen molar-refractivity contribution in [3.63, 3.8) is 0 Å². The highest BCUT2D eigenvalue weighted by molar-refractivity contribution is 7.31. The topological polar surface area (TPSA) is 61.0 Å². The van der Waals surface area contributed by atoms with Gasteiger partial charge in [0.1, 0.15) is 0 Å². The SMILES string of the molecule is CC.CPOCC[C@H](O)c1ccccc1.O. The van der Waals surface area contributed by atoms with Gasteiger partial charge in [-0.1, -0.05) is 44.2 Å². The molecule has 0 radical (unpaired) electrons. The van der Waals surface area contributed by atoms with Gasteiger partial charge in [-0.2, -0.15) is 0 Å². The fourth-order valence-corrected chi connectivity index (χ4v) is 1.44. The van der Waals surface area contributed by atoms with E-state index < -0.39 is 6.10 Å². The van der Waals surface area contributed by atoms with Gasteiger partial charge in [-0.25, -0.2) is 0 Å². The minimum Gasteiger partial charge on any atom is -0.412 e. The van der Waals surface area contributed by atoms with E-state index in [1.54, 1.807) is 0 Å². The third kappa shape index (κ3) is 7.77. The third-order valence-electron chi connectivity index (χ3n) is 1.82. The van der Waals surface area contributed by atoms with Crippen molar-refractivity contribution < 1.29 is 15.1 Å². The fraction of sp³-hybridized carbons (Fsp3) is 0.500.